The van der Waals surface area contributed by atoms with E-state index in [1.165, 1.54) is 10.6 Å². The molecule has 0 unspecified atom stereocenters. The Labute approximate surface area is 212 Å². The summed E-state index contributed by atoms with van der Waals surface area (Å²) in [5.41, 5.74) is 2.45. The number of carbonyl (C=O) groups excluding carboxylic acids is 1. The lowest BCUT2D eigenvalue weighted by Crippen LogP contribution is -2.48. The van der Waals surface area contributed by atoms with Crippen LogP contribution < -0.4 is 15.5 Å². The van der Waals surface area contributed by atoms with E-state index in [9.17, 15) is 13.2 Å². The summed E-state index contributed by atoms with van der Waals surface area (Å²) in [6.07, 6.45) is 1.22. The first kappa shape index (κ1) is 24.4. The Bertz CT molecular complexity index is 1300. The van der Waals surface area contributed by atoms with Crippen LogP contribution in [0.4, 0.5) is 11.4 Å². The van der Waals surface area contributed by atoms with Crippen molar-refractivity contribution in [3.63, 3.8) is 0 Å². The normalized spacial score (nSPS) is 14.6. The van der Waals surface area contributed by atoms with Crippen molar-refractivity contribution in [3.8, 4) is 11.3 Å². The number of carbonyl (C=O) groups is 1. The summed E-state index contributed by atoms with van der Waals surface area (Å²) < 4.78 is 31.7. The van der Waals surface area contributed by atoms with Crippen molar-refractivity contribution in [2.75, 3.05) is 42.7 Å². The Morgan fingerprint density at radius 2 is 1.68 bits per heavy atom. The average Bonchev–Trinajstić information content (AvgIpc) is 3.30. The third-order valence-electron chi connectivity index (χ3n) is 5.39. The third kappa shape index (κ3) is 5.84. The number of benzene rings is 2. The van der Waals surface area contributed by atoms with Gasteiger partial charge in [-0.25, -0.2) is 8.42 Å². The van der Waals surface area contributed by atoms with Gasteiger partial charge >= 0.3 is 0 Å². The summed E-state index contributed by atoms with van der Waals surface area (Å²) >= 11 is 8.76. The molecule has 0 atom stereocenters. The fourth-order valence-electron chi connectivity index (χ4n) is 3.66. The SMILES string of the molecule is CS(=O)(=O)N1CCN(c2ccccc2NC(=S)NC(=O)c2ccc(-c3ccc(Br)cc3)o2)CC1. The van der Waals surface area contributed by atoms with Gasteiger partial charge in [0, 0.05) is 36.2 Å². The van der Waals surface area contributed by atoms with E-state index in [1.807, 2.05) is 48.5 Å². The van der Waals surface area contributed by atoms with E-state index >= 15 is 0 Å². The number of hydrogen-bond acceptors (Lipinski definition) is 6. The van der Waals surface area contributed by atoms with E-state index in [0.29, 0.717) is 31.9 Å². The molecule has 8 nitrogen and oxygen atoms in total. The van der Waals surface area contributed by atoms with Gasteiger partial charge in [-0.3, -0.25) is 10.1 Å². The van der Waals surface area contributed by atoms with E-state index in [-0.39, 0.29) is 10.9 Å². The van der Waals surface area contributed by atoms with Crippen LogP contribution in [0.5, 0.6) is 0 Å². The standard InChI is InChI=1S/C23H23BrN4O4S2/c1-34(30,31)28-14-12-27(13-15-28)19-5-3-2-4-18(19)25-23(33)26-22(29)21-11-10-20(32-21)16-6-8-17(24)9-7-16/h2-11H,12-15H2,1H3,(H2,25,26,29,33). The first-order valence-electron chi connectivity index (χ1n) is 10.5. The largest absolute Gasteiger partial charge is 0.451 e. The molecule has 1 amide bonds. The maximum absolute atomic E-state index is 12.6. The van der Waals surface area contributed by atoms with Gasteiger partial charge in [0.1, 0.15) is 5.76 Å². The van der Waals surface area contributed by atoms with Crippen LogP contribution in [0.15, 0.2) is 69.6 Å². The van der Waals surface area contributed by atoms with Crippen molar-refractivity contribution >= 4 is 60.6 Å². The van der Waals surface area contributed by atoms with Crippen LogP contribution in [0.2, 0.25) is 0 Å². The molecule has 1 saturated heterocycles. The van der Waals surface area contributed by atoms with E-state index in [0.717, 1.165) is 21.4 Å². The Kier molecular flexibility index (Phi) is 7.36. The van der Waals surface area contributed by atoms with Crippen molar-refractivity contribution in [2.24, 2.45) is 0 Å². The number of anilines is 2. The van der Waals surface area contributed by atoms with Crippen LogP contribution in [-0.2, 0) is 10.0 Å². The Balaban J connectivity index is 1.39. The highest BCUT2D eigenvalue weighted by molar-refractivity contribution is 9.10. The molecule has 1 aliphatic heterocycles. The van der Waals surface area contributed by atoms with Crippen LogP contribution in [0.25, 0.3) is 11.3 Å². The second-order valence-corrected chi connectivity index (χ2v) is 11.1. The number of furan rings is 1. The van der Waals surface area contributed by atoms with Gasteiger partial charge in [0.2, 0.25) is 10.0 Å². The number of halogens is 1. The van der Waals surface area contributed by atoms with Gasteiger partial charge in [0.15, 0.2) is 10.9 Å². The molecule has 4 rings (SSSR count). The van der Waals surface area contributed by atoms with Crippen molar-refractivity contribution < 1.29 is 17.6 Å². The Morgan fingerprint density at radius 1 is 1.00 bits per heavy atom. The number of nitrogens with one attached hydrogen (secondary N) is 2. The van der Waals surface area contributed by atoms with Crippen molar-refractivity contribution in [1.29, 1.82) is 0 Å². The topological polar surface area (TPSA) is 94.9 Å². The van der Waals surface area contributed by atoms with E-state index in [1.54, 1.807) is 12.1 Å². The maximum Gasteiger partial charge on any atom is 0.293 e. The van der Waals surface area contributed by atoms with E-state index < -0.39 is 15.9 Å². The van der Waals surface area contributed by atoms with Gasteiger partial charge in [-0.05, 0) is 48.6 Å². The molecule has 34 heavy (non-hydrogen) atoms. The lowest BCUT2D eigenvalue weighted by molar-refractivity contribution is 0.0951. The number of rotatable bonds is 5. The van der Waals surface area contributed by atoms with Crippen LogP contribution in [0.3, 0.4) is 0 Å². The maximum atomic E-state index is 12.6. The molecule has 1 aliphatic rings. The Hall–Kier alpha value is -2.73. The number of hydrogen-bond donors (Lipinski definition) is 2. The fraction of sp³-hybridized carbons (Fsp3) is 0.217. The van der Waals surface area contributed by atoms with Crippen LogP contribution in [-0.4, -0.2) is 56.2 Å². The van der Waals surface area contributed by atoms with Crippen LogP contribution >= 0.6 is 28.1 Å². The number of nitrogens with zero attached hydrogens (tertiary/aromatic N) is 2. The average molecular weight is 563 g/mol. The third-order valence-corrected chi connectivity index (χ3v) is 7.42. The van der Waals surface area contributed by atoms with Gasteiger partial charge in [-0.15, -0.1) is 0 Å². The molecule has 1 fully saturated rings. The van der Waals surface area contributed by atoms with Gasteiger partial charge in [0.05, 0.1) is 17.6 Å². The summed E-state index contributed by atoms with van der Waals surface area (Å²) in [6, 6.07) is 18.5. The minimum atomic E-state index is -3.21. The zero-order valence-electron chi connectivity index (χ0n) is 18.3. The zero-order chi connectivity index (χ0) is 24.3. The number of sulfonamides is 1. The van der Waals surface area contributed by atoms with Crippen molar-refractivity contribution in [1.82, 2.24) is 9.62 Å². The van der Waals surface area contributed by atoms with Gasteiger partial charge < -0.3 is 14.6 Å². The molecule has 0 spiro atoms. The molecule has 0 radical (unpaired) electrons. The molecule has 2 N–H and O–H groups in total. The second kappa shape index (κ2) is 10.3. The number of thiocarbonyl (C=S) groups is 1. The molecular weight excluding hydrogens is 540 g/mol. The molecule has 0 aliphatic carbocycles. The zero-order valence-corrected chi connectivity index (χ0v) is 21.5. The van der Waals surface area contributed by atoms with Crippen molar-refractivity contribution in [2.45, 2.75) is 0 Å². The monoisotopic (exact) mass is 562 g/mol. The predicted molar refractivity (Wildman–Crippen MR) is 141 cm³/mol. The molecule has 2 heterocycles. The summed E-state index contributed by atoms with van der Waals surface area (Å²) in [7, 11) is -3.21. The Morgan fingerprint density at radius 3 is 2.35 bits per heavy atom. The lowest BCUT2D eigenvalue weighted by Gasteiger charge is -2.35. The van der Waals surface area contributed by atoms with Crippen LogP contribution in [0, 0.1) is 0 Å². The molecule has 0 bridgehead atoms. The smallest absolute Gasteiger partial charge is 0.293 e. The van der Waals surface area contributed by atoms with Crippen molar-refractivity contribution in [3.05, 3.63) is 70.9 Å². The molecule has 11 heteroatoms. The second-order valence-electron chi connectivity index (χ2n) is 7.75. The molecule has 0 saturated carbocycles. The minimum absolute atomic E-state index is 0.133. The van der Waals surface area contributed by atoms with Gasteiger partial charge in [-0.2, -0.15) is 4.31 Å². The summed E-state index contributed by atoms with van der Waals surface area (Å²) in [4.78, 5) is 14.7. The highest BCUT2D eigenvalue weighted by Crippen LogP contribution is 2.27. The highest BCUT2D eigenvalue weighted by atomic mass is 79.9. The van der Waals surface area contributed by atoms with Crippen LogP contribution in [0.1, 0.15) is 10.6 Å². The predicted octanol–water partition coefficient (Wildman–Crippen LogP) is 3.92. The molecule has 178 valence electrons. The van der Waals surface area contributed by atoms with Gasteiger partial charge in [-0.1, -0.05) is 40.2 Å². The number of amides is 1. The highest BCUT2D eigenvalue weighted by Gasteiger charge is 2.25. The molecule has 3 aromatic rings. The first-order valence-corrected chi connectivity index (χ1v) is 13.5. The summed E-state index contributed by atoms with van der Waals surface area (Å²) in [6.45, 7) is 1.92. The minimum Gasteiger partial charge on any atom is -0.451 e. The lowest BCUT2D eigenvalue weighted by atomic mass is 10.2. The van der Waals surface area contributed by atoms with E-state index in [2.05, 4.69) is 31.5 Å². The fourth-order valence-corrected chi connectivity index (χ4v) is 4.96. The summed E-state index contributed by atoms with van der Waals surface area (Å²) in [5.74, 6) is 0.266. The number of piperazine rings is 1. The first-order chi connectivity index (χ1) is 16.2. The molecule has 2 aromatic carbocycles. The number of para-hydroxylation sites is 2. The van der Waals surface area contributed by atoms with E-state index in [4.69, 9.17) is 16.6 Å². The quantitative estimate of drug-likeness (QED) is 0.455. The molecule has 1 aromatic heterocycles. The molecular formula is C23H23BrN4O4S2. The summed E-state index contributed by atoms with van der Waals surface area (Å²) in [5, 5.41) is 5.86. The van der Waals surface area contributed by atoms with Gasteiger partial charge in [0.25, 0.3) is 5.91 Å².